The number of nitrogens with two attached hydrogens (primary N) is 1. The van der Waals surface area contributed by atoms with Gasteiger partial charge in [0, 0.05) is 25.2 Å². The Hall–Kier alpha value is -1.07. The van der Waals surface area contributed by atoms with Crippen molar-refractivity contribution in [1.82, 2.24) is 4.90 Å². The maximum atomic E-state index is 12.0. The second kappa shape index (κ2) is 6.39. The molecule has 1 unspecified atom stereocenters. The van der Waals surface area contributed by atoms with E-state index in [1.54, 1.807) is 18.2 Å². The normalized spacial score (nSPS) is 19.0. The van der Waals surface area contributed by atoms with Gasteiger partial charge in [-0.2, -0.15) is 0 Å². The number of carbonyl (C=O) groups excluding carboxylic acids is 1. The van der Waals surface area contributed by atoms with E-state index in [1.807, 2.05) is 17.9 Å². The van der Waals surface area contributed by atoms with Crippen LogP contribution in [0.1, 0.15) is 25.5 Å². The molecule has 0 saturated carbocycles. The minimum Gasteiger partial charge on any atom is -0.450 e. The molecular formula is C14H19BrN2O2. The van der Waals surface area contributed by atoms with Crippen molar-refractivity contribution in [2.45, 2.75) is 25.8 Å². The van der Waals surface area contributed by atoms with Crippen LogP contribution in [0.25, 0.3) is 6.08 Å². The number of rotatable bonds is 3. The summed E-state index contributed by atoms with van der Waals surface area (Å²) in [6.45, 7) is 3.62. The second-order valence-electron chi connectivity index (χ2n) is 5.00. The molecular weight excluding hydrogens is 308 g/mol. The van der Waals surface area contributed by atoms with Gasteiger partial charge in [0.2, 0.25) is 5.91 Å². The number of carbonyl (C=O) groups is 1. The van der Waals surface area contributed by atoms with Gasteiger partial charge in [-0.15, -0.1) is 0 Å². The van der Waals surface area contributed by atoms with Crippen molar-refractivity contribution in [1.29, 1.82) is 0 Å². The molecule has 0 radical (unpaired) electrons. The van der Waals surface area contributed by atoms with E-state index in [0.717, 1.165) is 25.9 Å². The van der Waals surface area contributed by atoms with Crippen molar-refractivity contribution in [3.05, 3.63) is 28.6 Å². The maximum Gasteiger partial charge on any atom is 0.246 e. The predicted molar refractivity (Wildman–Crippen MR) is 78.4 cm³/mol. The van der Waals surface area contributed by atoms with Crippen LogP contribution in [0, 0.1) is 5.92 Å². The fraction of sp³-hybridized carbons (Fsp3) is 0.500. The lowest BCUT2D eigenvalue weighted by Gasteiger charge is -2.33. The fourth-order valence-electron chi connectivity index (χ4n) is 2.32. The lowest BCUT2D eigenvalue weighted by Crippen LogP contribution is -2.41. The minimum atomic E-state index is 0.0376. The fourth-order valence-corrected chi connectivity index (χ4v) is 2.64. The number of furan rings is 1. The quantitative estimate of drug-likeness (QED) is 0.868. The molecule has 0 aliphatic carbocycles. The summed E-state index contributed by atoms with van der Waals surface area (Å²) in [5, 5.41) is 0. The first kappa shape index (κ1) is 14.3. The Morgan fingerprint density at radius 2 is 2.21 bits per heavy atom. The number of likely N-dealkylation sites (tertiary alicyclic amines) is 1. The van der Waals surface area contributed by atoms with E-state index >= 15 is 0 Å². The molecule has 19 heavy (non-hydrogen) atoms. The van der Waals surface area contributed by atoms with E-state index < -0.39 is 0 Å². The first-order chi connectivity index (χ1) is 9.06. The first-order valence-electron chi connectivity index (χ1n) is 6.54. The molecule has 104 valence electrons. The van der Waals surface area contributed by atoms with Gasteiger partial charge in [0.1, 0.15) is 5.76 Å². The van der Waals surface area contributed by atoms with Crippen LogP contribution in [0.4, 0.5) is 0 Å². The zero-order chi connectivity index (χ0) is 13.8. The highest BCUT2D eigenvalue weighted by Gasteiger charge is 2.23. The third-order valence-corrected chi connectivity index (χ3v) is 4.01. The lowest BCUT2D eigenvalue weighted by atomic mass is 9.91. The molecule has 0 bridgehead atoms. The number of amides is 1. The summed E-state index contributed by atoms with van der Waals surface area (Å²) in [5.41, 5.74) is 5.89. The Balaban J connectivity index is 1.86. The summed E-state index contributed by atoms with van der Waals surface area (Å²) in [5.74, 6) is 1.25. The zero-order valence-electron chi connectivity index (χ0n) is 11.0. The summed E-state index contributed by atoms with van der Waals surface area (Å²) in [6, 6.07) is 3.84. The number of hydrogen-bond acceptors (Lipinski definition) is 3. The highest BCUT2D eigenvalue weighted by Crippen LogP contribution is 2.20. The van der Waals surface area contributed by atoms with Gasteiger partial charge in [-0.25, -0.2) is 0 Å². The molecule has 1 saturated heterocycles. The van der Waals surface area contributed by atoms with Crippen LogP contribution in [-0.2, 0) is 4.79 Å². The third kappa shape index (κ3) is 3.94. The van der Waals surface area contributed by atoms with E-state index in [1.165, 1.54) is 0 Å². The van der Waals surface area contributed by atoms with Crippen LogP contribution in [0.5, 0.6) is 0 Å². The van der Waals surface area contributed by atoms with Crippen LogP contribution >= 0.6 is 15.9 Å². The Morgan fingerprint density at radius 1 is 1.53 bits per heavy atom. The van der Waals surface area contributed by atoms with Gasteiger partial charge in [0.25, 0.3) is 0 Å². The van der Waals surface area contributed by atoms with Gasteiger partial charge in [-0.3, -0.25) is 4.79 Å². The number of hydrogen-bond donors (Lipinski definition) is 1. The Kier molecular flexibility index (Phi) is 4.82. The van der Waals surface area contributed by atoms with Crippen molar-refractivity contribution in [3.63, 3.8) is 0 Å². The molecule has 1 aliphatic rings. The summed E-state index contributed by atoms with van der Waals surface area (Å²) in [6.07, 6.45) is 5.25. The van der Waals surface area contributed by atoms with E-state index in [2.05, 4.69) is 15.9 Å². The largest absolute Gasteiger partial charge is 0.450 e. The van der Waals surface area contributed by atoms with Crippen molar-refractivity contribution in [2.24, 2.45) is 11.7 Å². The summed E-state index contributed by atoms with van der Waals surface area (Å²) < 4.78 is 5.98. The standard InChI is InChI=1S/C14H19BrN2O2/c1-10(16)11-6-8-17(9-7-11)14(18)5-3-12-2-4-13(15)19-12/h2-5,10-11H,6-9,16H2,1H3/b5-3+. The smallest absolute Gasteiger partial charge is 0.246 e. The van der Waals surface area contributed by atoms with Gasteiger partial charge < -0.3 is 15.1 Å². The molecule has 1 amide bonds. The molecule has 5 heteroatoms. The average Bonchev–Trinajstić information content (AvgIpc) is 2.82. The van der Waals surface area contributed by atoms with Crippen LogP contribution in [0.2, 0.25) is 0 Å². The molecule has 1 fully saturated rings. The van der Waals surface area contributed by atoms with Gasteiger partial charge >= 0.3 is 0 Å². The molecule has 4 nitrogen and oxygen atoms in total. The number of nitrogens with zero attached hydrogens (tertiary/aromatic N) is 1. The van der Waals surface area contributed by atoms with E-state index in [0.29, 0.717) is 16.3 Å². The average molecular weight is 327 g/mol. The minimum absolute atomic E-state index is 0.0376. The first-order valence-corrected chi connectivity index (χ1v) is 7.33. The third-order valence-electron chi connectivity index (χ3n) is 3.58. The van der Waals surface area contributed by atoms with E-state index in [-0.39, 0.29) is 11.9 Å². The summed E-state index contributed by atoms with van der Waals surface area (Å²) in [4.78, 5) is 13.9. The molecule has 0 spiro atoms. The molecule has 0 aromatic carbocycles. The maximum absolute atomic E-state index is 12.0. The highest BCUT2D eigenvalue weighted by molar-refractivity contribution is 9.10. The molecule has 1 atom stereocenters. The number of piperidine rings is 1. The lowest BCUT2D eigenvalue weighted by molar-refractivity contribution is -0.127. The summed E-state index contributed by atoms with van der Waals surface area (Å²) >= 11 is 3.23. The topological polar surface area (TPSA) is 59.5 Å². The molecule has 2 heterocycles. The highest BCUT2D eigenvalue weighted by atomic mass is 79.9. The van der Waals surface area contributed by atoms with Crippen molar-refractivity contribution < 1.29 is 9.21 Å². The van der Waals surface area contributed by atoms with E-state index in [9.17, 15) is 4.79 Å². The van der Waals surface area contributed by atoms with E-state index in [4.69, 9.17) is 10.2 Å². The van der Waals surface area contributed by atoms with Crippen molar-refractivity contribution in [3.8, 4) is 0 Å². The van der Waals surface area contributed by atoms with Crippen LogP contribution in [-0.4, -0.2) is 29.9 Å². The SMILES string of the molecule is CC(N)C1CCN(C(=O)/C=C/c2ccc(Br)o2)CC1. The molecule has 2 rings (SSSR count). The van der Waals surface area contributed by atoms with Gasteiger partial charge in [0.15, 0.2) is 4.67 Å². The Morgan fingerprint density at radius 3 is 2.74 bits per heavy atom. The van der Waals surface area contributed by atoms with Gasteiger partial charge in [-0.1, -0.05) is 0 Å². The van der Waals surface area contributed by atoms with Crippen molar-refractivity contribution in [2.75, 3.05) is 13.1 Å². The Bertz CT molecular complexity index is 460. The molecule has 1 aromatic heterocycles. The summed E-state index contributed by atoms with van der Waals surface area (Å²) in [7, 11) is 0. The molecule has 1 aliphatic heterocycles. The van der Waals surface area contributed by atoms with Crippen LogP contribution < -0.4 is 5.73 Å². The number of halogens is 1. The van der Waals surface area contributed by atoms with Crippen LogP contribution in [0.3, 0.4) is 0 Å². The zero-order valence-corrected chi connectivity index (χ0v) is 12.6. The van der Waals surface area contributed by atoms with Gasteiger partial charge in [0.05, 0.1) is 0 Å². The molecule has 1 aromatic rings. The Labute approximate surface area is 121 Å². The molecule has 2 N–H and O–H groups in total. The predicted octanol–water partition coefficient (Wildman–Crippen LogP) is 2.64. The van der Waals surface area contributed by atoms with Crippen molar-refractivity contribution >= 4 is 27.9 Å². The second-order valence-corrected chi connectivity index (χ2v) is 5.78. The van der Waals surface area contributed by atoms with Crippen LogP contribution in [0.15, 0.2) is 27.3 Å². The monoisotopic (exact) mass is 326 g/mol. The van der Waals surface area contributed by atoms with Gasteiger partial charge in [-0.05, 0) is 59.8 Å².